The maximum absolute atomic E-state index is 15.3. The van der Waals surface area contributed by atoms with Gasteiger partial charge in [0.05, 0.1) is 16.6 Å². The SMILES string of the molecule is CNC(=O)c1ccc(N2CCN(Cc3ccc4c([nH]c(=O)c5cn(C)nc54)c3F)CC2)c(F)n1. The molecule has 1 aliphatic rings. The fraction of sp³-hybridized carbons (Fsp3) is 0.304. The molecule has 11 heteroatoms. The molecule has 9 nitrogen and oxygen atoms in total. The van der Waals surface area contributed by atoms with Crippen molar-refractivity contribution in [2.45, 2.75) is 6.54 Å². The van der Waals surface area contributed by atoms with Crippen molar-refractivity contribution in [2.24, 2.45) is 7.05 Å². The third kappa shape index (κ3) is 3.77. The zero-order valence-corrected chi connectivity index (χ0v) is 18.7. The van der Waals surface area contributed by atoms with E-state index in [0.29, 0.717) is 60.3 Å². The fourth-order valence-corrected chi connectivity index (χ4v) is 4.40. The molecular weight excluding hydrogens is 444 g/mol. The van der Waals surface area contributed by atoms with Gasteiger partial charge in [-0.25, -0.2) is 9.37 Å². The van der Waals surface area contributed by atoms with Crippen LogP contribution in [0.3, 0.4) is 0 Å². The van der Waals surface area contributed by atoms with Crippen LogP contribution in [0.15, 0.2) is 35.3 Å². The minimum Gasteiger partial charge on any atom is -0.365 e. The maximum Gasteiger partial charge on any atom is 0.269 e. The molecule has 176 valence electrons. The molecule has 0 spiro atoms. The number of carbonyl (C=O) groups is 1. The van der Waals surface area contributed by atoms with Crippen LogP contribution in [0.5, 0.6) is 0 Å². The molecule has 1 fully saturated rings. The van der Waals surface area contributed by atoms with Gasteiger partial charge in [0.1, 0.15) is 11.2 Å². The van der Waals surface area contributed by atoms with Gasteiger partial charge in [0.25, 0.3) is 11.5 Å². The first-order valence-corrected chi connectivity index (χ1v) is 10.9. The van der Waals surface area contributed by atoms with E-state index in [9.17, 15) is 14.0 Å². The van der Waals surface area contributed by atoms with Crippen LogP contribution in [0, 0.1) is 11.8 Å². The van der Waals surface area contributed by atoms with Crippen molar-refractivity contribution in [3.05, 3.63) is 63.8 Å². The molecular formula is C23H23F2N7O2. The number of nitrogens with zero attached hydrogens (tertiary/aromatic N) is 5. The molecule has 0 bridgehead atoms. The number of rotatable bonds is 4. The Balaban J connectivity index is 1.32. The quantitative estimate of drug-likeness (QED) is 0.444. The zero-order valence-electron chi connectivity index (χ0n) is 18.7. The second-order valence-corrected chi connectivity index (χ2v) is 8.33. The molecule has 0 saturated carbocycles. The molecule has 1 aromatic carbocycles. The zero-order chi connectivity index (χ0) is 24.0. The standard InChI is InChI=1S/C23H23F2N7O2/c1-26-23(34)16-5-6-17(21(25)27-16)32-9-7-31(8-10-32)11-13-3-4-14-19-15(12-30(2)29-19)22(33)28-20(14)18(13)24/h3-6,12H,7-11H2,1-2H3,(H,26,34)(H,28,33). The summed E-state index contributed by atoms with van der Waals surface area (Å²) in [6, 6.07) is 6.55. The lowest BCUT2D eigenvalue weighted by atomic mass is 10.1. The Morgan fingerprint density at radius 1 is 1.12 bits per heavy atom. The maximum atomic E-state index is 15.3. The summed E-state index contributed by atoms with van der Waals surface area (Å²) in [7, 11) is 3.18. The van der Waals surface area contributed by atoms with Gasteiger partial charge in [-0.15, -0.1) is 0 Å². The summed E-state index contributed by atoms with van der Waals surface area (Å²) in [4.78, 5) is 34.4. The van der Waals surface area contributed by atoms with Crippen LogP contribution in [0.2, 0.25) is 0 Å². The van der Waals surface area contributed by atoms with Crippen LogP contribution in [-0.2, 0) is 13.6 Å². The average molecular weight is 467 g/mol. The molecule has 0 unspecified atom stereocenters. The van der Waals surface area contributed by atoms with Gasteiger partial charge in [-0.3, -0.25) is 19.2 Å². The summed E-state index contributed by atoms with van der Waals surface area (Å²) in [6.07, 6.45) is 1.61. The number of aryl methyl sites for hydroxylation is 1. The predicted molar refractivity (Wildman–Crippen MR) is 124 cm³/mol. The highest BCUT2D eigenvalue weighted by Gasteiger charge is 2.23. The lowest BCUT2D eigenvalue weighted by Gasteiger charge is -2.36. The van der Waals surface area contributed by atoms with Crippen LogP contribution in [0.25, 0.3) is 21.8 Å². The number of nitrogens with one attached hydrogen (secondary N) is 2. The second kappa shape index (κ2) is 8.49. The number of amides is 1. The molecule has 5 rings (SSSR count). The first-order valence-electron chi connectivity index (χ1n) is 10.9. The van der Waals surface area contributed by atoms with Gasteiger partial charge in [0, 0.05) is 64.0 Å². The van der Waals surface area contributed by atoms with Gasteiger partial charge in [-0.2, -0.15) is 9.49 Å². The normalized spacial score (nSPS) is 14.8. The molecule has 3 aromatic heterocycles. The van der Waals surface area contributed by atoms with E-state index in [1.807, 2.05) is 4.90 Å². The monoisotopic (exact) mass is 467 g/mol. The van der Waals surface area contributed by atoms with Gasteiger partial charge in [-0.05, 0) is 12.1 Å². The van der Waals surface area contributed by atoms with Crippen molar-refractivity contribution in [2.75, 3.05) is 38.1 Å². The third-order valence-corrected chi connectivity index (χ3v) is 6.18. The van der Waals surface area contributed by atoms with E-state index < -0.39 is 17.7 Å². The second-order valence-electron chi connectivity index (χ2n) is 8.33. The Labute approximate surface area is 193 Å². The number of aromatic nitrogens is 4. The highest BCUT2D eigenvalue weighted by atomic mass is 19.1. The number of halogens is 2. The highest BCUT2D eigenvalue weighted by molar-refractivity contribution is 6.03. The number of piperazine rings is 1. The van der Waals surface area contributed by atoms with Gasteiger partial charge >= 0.3 is 0 Å². The van der Waals surface area contributed by atoms with E-state index in [4.69, 9.17) is 0 Å². The van der Waals surface area contributed by atoms with Crippen molar-refractivity contribution in [1.82, 2.24) is 30.0 Å². The molecule has 34 heavy (non-hydrogen) atoms. The Morgan fingerprint density at radius 3 is 2.59 bits per heavy atom. The molecule has 1 amide bonds. The van der Waals surface area contributed by atoms with Crippen LogP contribution in [-0.4, -0.2) is 63.8 Å². The summed E-state index contributed by atoms with van der Waals surface area (Å²) in [5, 5.41) is 7.71. The molecule has 0 aliphatic carbocycles. The summed E-state index contributed by atoms with van der Waals surface area (Å²) in [6.45, 7) is 2.58. The van der Waals surface area contributed by atoms with E-state index in [0.717, 1.165) is 0 Å². The van der Waals surface area contributed by atoms with Gasteiger partial charge in [-0.1, -0.05) is 12.1 Å². The molecule has 2 N–H and O–H groups in total. The Bertz CT molecular complexity index is 1470. The average Bonchev–Trinajstić information content (AvgIpc) is 3.24. The molecule has 0 atom stereocenters. The largest absolute Gasteiger partial charge is 0.365 e. The number of anilines is 1. The molecule has 1 saturated heterocycles. The van der Waals surface area contributed by atoms with Gasteiger partial charge in [0.2, 0.25) is 5.95 Å². The van der Waals surface area contributed by atoms with Crippen LogP contribution >= 0.6 is 0 Å². The van der Waals surface area contributed by atoms with Crippen LogP contribution < -0.4 is 15.8 Å². The van der Waals surface area contributed by atoms with E-state index in [-0.39, 0.29) is 16.8 Å². The van der Waals surface area contributed by atoms with Crippen molar-refractivity contribution < 1.29 is 13.6 Å². The lowest BCUT2D eigenvalue weighted by molar-refractivity contribution is 0.0957. The molecule has 4 aromatic rings. The van der Waals surface area contributed by atoms with Crippen molar-refractivity contribution in [3.63, 3.8) is 0 Å². The van der Waals surface area contributed by atoms with E-state index >= 15 is 4.39 Å². The van der Waals surface area contributed by atoms with E-state index in [1.165, 1.54) is 17.8 Å². The number of hydrogen-bond donors (Lipinski definition) is 2. The summed E-state index contributed by atoms with van der Waals surface area (Å²) >= 11 is 0. The Morgan fingerprint density at radius 2 is 1.88 bits per heavy atom. The number of pyridine rings is 2. The lowest BCUT2D eigenvalue weighted by Crippen LogP contribution is -2.46. The van der Waals surface area contributed by atoms with Crippen LogP contribution in [0.4, 0.5) is 14.5 Å². The number of benzene rings is 1. The van der Waals surface area contributed by atoms with E-state index in [1.54, 1.807) is 31.4 Å². The topological polar surface area (TPSA) is 99.2 Å². The smallest absolute Gasteiger partial charge is 0.269 e. The minimum atomic E-state index is -0.695. The summed E-state index contributed by atoms with van der Waals surface area (Å²) in [5.41, 5.74) is 1.07. The van der Waals surface area contributed by atoms with Gasteiger partial charge in [0.15, 0.2) is 5.82 Å². The Kier molecular flexibility index (Phi) is 5.48. The molecule has 1 aliphatic heterocycles. The number of carbonyl (C=O) groups excluding carboxylic acids is 1. The minimum absolute atomic E-state index is 0.0233. The number of hydrogen-bond acceptors (Lipinski definition) is 6. The third-order valence-electron chi connectivity index (χ3n) is 6.18. The summed E-state index contributed by atoms with van der Waals surface area (Å²) in [5.74, 6) is -1.61. The van der Waals surface area contributed by atoms with E-state index in [2.05, 4.69) is 25.3 Å². The van der Waals surface area contributed by atoms with Crippen molar-refractivity contribution in [1.29, 1.82) is 0 Å². The van der Waals surface area contributed by atoms with Crippen LogP contribution in [0.1, 0.15) is 16.1 Å². The van der Waals surface area contributed by atoms with Crippen molar-refractivity contribution in [3.8, 4) is 0 Å². The highest BCUT2D eigenvalue weighted by Crippen LogP contribution is 2.26. The molecule has 4 heterocycles. The van der Waals surface area contributed by atoms with Gasteiger partial charge < -0.3 is 15.2 Å². The number of H-pyrrole nitrogens is 1. The number of fused-ring (bicyclic) bond motifs is 3. The van der Waals surface area contributed by atoms with Crippen molar-refractivity contribution >= 4 is 33.4 Å². The Hall–Kier alpha value is -3.86. The first-order chi connectivity index (χ1) is 16.4. The molecule has 0 radical (unpaired) electrons. The summed E-state index contributed by atoms with van der Waals surface area (Å²) < 4.78 is 31.4. The first kappa shape index (κ1) is 22.0. The predicted octanol–water partition coefficient (Wildman–Crippen LogP) is 1.77. The number of aromatic amines is 1. The fourth-order valence-electron chi connectivity index (χ4n) is 4.40.